The predicted molar refractivity (Wildman–Crippen MR) is 54.1 cm³/mol. The first kappa shape index (κ1) is 9.57. The molecule has 1 fully saturated rings. The van der Waals surface area contributed by atoms with Crippen molar-refractivity contribution >= 4 is 17.7 Å². The van der Waals surface area contributed by atoms with Crippen LogP contribution in [-0.4, -0.2) is 34.7 Å². The lowest BCUT2D eigenvalue weighted by Gasteiger charge is -2.39. The summed E-state index contributed by atoms with van der Waals surface area (Å²) in [6.45, 7) is 2.43. The largest absolute Gasteiger partial charge is 0.333 e. The molecule has 0 saturated carbocycles. The third kappa shape index (κ3) is 0.930. The Morgan fingerprint density at radius 3 is 2.69 bits per heavy atom. The Balaban J connectivity index is 2.16. The van der Waals surface area contributed by atoms with Gasteiger partial charge in [0, 0.05) is 18.5 Å². The maximum atomic E-state index is 11.7. The van der Waals surface area contributed by atoms with E-state index in [1.165, 1.54) is 0 Å². The molecule has 5 heteroatoms. The highest BCUT2D eigenvalue weighted by molar-refractivity contribution is 6.21. The number of hydrogen-bond acceptors (Lipinski definition) is 3. The van der Waals surface area contributed by atoms with Gasteiger partial charge in [-0.25, -0.2) is 0 Å². The van der Waals surface area contributed by atoms with Crippen molar-refractivity contribution in [1.82, 2.24) is 10.2 Å². The van der Waals surface area contributed by atoms with Crippen LogP contribution in [-0.2, 0) is 14.4 Å². The summed E-state index contributed by atoms with van der Waals surface area (Å²) in [5.74, 6) is -0.511. The molecule has 3 aliphatic heterocycles. The lowest BCUT2D eigenvalue weighted by atomic mass is 9.82. The van der Waals surface area contributed by atoms with Gasteiger partial charge < -0.3 is 4.90 Å². The molecule has 0 aromatic rings. The van der Waals surface area contributed by atoms with Crippen LogP contribution in [0.5, 0.6) is 0 Å². The zero-order valence-electron chi connectivity index (χ0n) is 9.00. The molecule has 3 heterocycles. The van der Waals surface area contributed by atoms with E-state index in [4.69, 9.17) is 0 Å². The Morgan fingerprint density at radius 1 is 1.19 bits per heavy atom. The van der Waals surface area contributed by atoms with Crippen molar-refractivity contribution in [1.29, 1.82) is 0 Å². The molecule has 3 amide bonds. The number of rotatable bonds is 0. The molecule has 0 radical (unpaired) electrons. The molecule has 1 N–H and O–H groups in total. The molecule has 0 bridgehead atoms. The van der Waals surface area contributed by atoms with Gasteiger partial charge in [-0.3, -0.25) is 19.7 Å². The molecule has 1 atom stereocenters. The third-order valence-corrected chi connectivity index (χ3v) is 3.88. The van der Waals surface area contributed by atoms with E-state index in [2.05, 4.69) is 5.32 Å². The smallest absolute Gasteiger partial charge is 0.256 e. The average molecular weight is 220 g/mol. The molecule has 3 rings (SSSR count). The summed E-state index contributed by atoms with van der Waals surface area (Å²) >= 11 is 0. The van der Waals surface area contributed by atoms with E-state index in [0.717, 1.165) is 0 Å². The fourth-order valence-corrected chi connectivity index (χ4v) is 3.05. The zero-order chi connectivity index (χ0) is 11.5. The number of imide groups is 1. The minimum Gasteiger partial charge on any atom is -0.333 e. The van der Waals surface area contributed by atoms with E-state index in [9.17, 15) is 14.4 Å². The van der Waals surface area contributed by atoms with Crippen molar-refractivity contribution < 1.29 is 14.4 Å². The highest BCUT2D eigenvalue weighted by Gasteiger charge is 2.53. The molecule has 0 spiro atoms. The molecule has 0 unspecified atom stereocenters. The van der Waals surface area contributed by atoms with Gasteiger partial charge in [-0.1, -0.05) is 0 Å². The van der Waals surface area contributed by atoms with Crippen LogP contribution < -0.4 is 5.32 Å². The summed E-state index contributed by atoms with van der Waals surface area (Å²) in [5, 5.41) is 2.32. The SMILES string of the molecule is C[C@]12CCC(=O)N1CCC1=C2C(=O)NC1=O. The van der Waals surface area contributed by atoms with E-state index in [1.807, 2.05) is 6.92 Å². The second-order valence-electron chi connectivity index (χ2n) is 4.71. The molecule has 1 saturated heterocycles. The first-order chi connectivity index (χ1) is 7.54. The van der Waals surface area contributed by atoms with Gasteiger partial charge in [0.15, 0.2) is 0 Å². The van der Waals surface area contributed by atoms with Crippen molar-refractivity contribution in [3.8, 4) is 0 Å². The van der Waals surface area contributed by atoms with Crippen LogP contribution in [0.2, 0.25) is 0 Å². The van der Waals surface area contributed by atoms with E-state index in [1.54, 1.807) is 4.90 Å². The number of hydrogen-bond donors (Lipinski definition) is 1. The van der Waals surface area contributed by atoms with Gasteiger partial charge in [-0.05, 0) is 19.8 Å². The maximum absolute atomic E-state index is 11.7. The Bertz CT molecular complexity index is 466. The highest BCUT2D eigenvalue weighted by Crippen LogP contribution is 2.43. The van der Waals surface area contributed by atoms with Crippen molar-refractivity contribution in [2.24, 2.45) is 0 Å². The number of carbonyl (C=O) groups excluding carboxylic acids is 3. The summed E-state index contributed by atoms with van der Waals surface area (Å²) in [6.07, 6.45) is 1.59. The molecule has 0 aromatic carbocycles. The molecule has 16 heavy (non-hydrogen) atoms. The minimum atomic E-state index is -0.555. The molecule has 0 aromatic heterocycles. The monoisotopic (exact) mass is 220 g/mol. The molecule has 3 aliphatic rings. The van der Waals surface area contributed by atoms with Gasteiger partial charge in [-0.15, -0.1) is 0 Å². The maximum Gasteiger partial charge on any atom is 0.256 e. The number of carbonyl (C=O) groups is 3. The lowest BCUT2D eigenvalue weighted by Crippen LogP contribution is -2.49. The summed E-state index contributed by atoms with van der Waals surface area (Å²) < 4.78 is 0. The average Bonchev–Trinajstić information content (AvgIpc) is 2.67. The fourth-order valence-electron chi connectivity index (χ4n) is 3.05. The fraction of sp³-hybridized carbons (Fsp3) is 0.545. The van der Waals surface area contributed by atoms with Crippen molar-refractivity contribution in [2.75, 3.05) is 6.54 Å². The first-order valence-electron chi connectivity index (χ1n) is 5.44. The van der Waals surface area contributed by atoms with Gasteiger partial charge in [0.2, 0.25) is 5.91 Å². The minimum absolute atomic E-state index is 0.0844. The second kappa shape index (κ2) is 2.72. The number of nitrogens with one attached hydrogen (secondary N) is 1. The summed E-state index contributed by atoms with van der Waals surface area (Å²) in [6, 6.07) is 0. The van der Waals surface area contributed by atoms with E-state index < -0.39 is 5.54 Å². The van der Waals surface area contributed by atoms with Crippen LogP contribution in [0.15, 0.2) is 11.1 Å². The Kier molecular flexibility index (Phi) is 1.63. The first-order valence-corrected chi connectivity index (χ1v) is 5.44. The third-order valence-electron chi connectivity index (χ3n) is 3.88. The second-order valence-corrected chi connectivity index (χ2v) is 4.71. The summed E-state index contributed by atoms with van der Waals surface area (Å²) in [4.78, 5) is 36.7. The topological polar surface area (TPSA) is 66.5 Å². The van der Waals surface area contributed by atoms with E-state index in [-0.39, 0.29) is 17.7 Å². The normalized spacial score (nSPS) is 33.1. The Morgan fingerprint density at radius 2 is 1.94 bits per heavy atom. The molecule has 0 aliphatic carbocycles. The number of amides is 3. The quantitative estimate of drug-likeness (QED) is 0.571. The van der Waals surface area contributed by atoms with Crippen LogP contribution in [0.1, 0.15) is 26.2 Å². The number of fused-ring (bicyclic) bond motifs is 2. The van der Waals surface area contributed by atoms with Crippen LogP contribution in [0.4, 0.5) is 0 Å². The van der Waals surface area contributed by atoms with Gasteiger partial charge in [0.25, 0.3) is 11.8 Å². The van der Waals surface area contributed by atoms with Gasteiger partial charge >= 0.3 is 0 Å². The predicted octanol–water partition coefficient (Wildman–Crippen LogP) is -0.276. The Hall–Kier alpha value is -1.65. The number of nitrogens with zero attached hydrogens (tertiary/aromatic N) is 1. The van der Waals surface area contributed by atoms with Crippen LogP contribution in [0, 0.1) is 0 Å². The van der Waals surface area contributed by atoms with E-state index >= 15 is 0 Å². The Labute approximate surface area is 92.5 Å². The van der Waals surface area contributed by atoms with Gasteiger partial charge in [-0.2, -0.15) is 0 Å². The lowest BCUT2D eigenvalue weighted by molar-refractivity contribution is -0.130. The van der Waals surface area contributed by atoms with Crippen LogP contribution in [0.3, 0.4) is 0 Å². The summed E-state index contributed by atoms with van der Waals surface area (Å²) in [7, 11) is 0. The van der Waals surface area contributed by atoms with Crippen LogP contribution >= 0.6 is 0 Å². The van der Waals surface area contributed by atoms with Gasteiger partial charge in [0.05, 0.1) is 11.1 Å². The highest BCUT2D eigenvalue weighted by atomic mass is 16.2. The van der Waals surface area contributed by atoms with Crippen LogP contribution in [0.25, 0.3) is 0 Å². The standard InChI is InChI=1S/C11H12N2O3/c1-11-4-2-7(14)13(11)5-3-6-8(11)10(16)12-9(6)15/h2-5H2,1H3,(H,12,15,16)/t11-/m1/s1. The van der Waals surface area contributed by atoms with Crippen molar-refractivity contribution in [3.63, 3.8) is 0 Å². The zero-order valence-corrected chi connectivity index (χ0v) is 9.00. The van der Waals surface area contributed by atoms with Gasteiger partial charge in [0.1, 0.15) is 0 Å². The van der Waals surface area contributed by atoms with Crippen molar-refractivity contribution in [2.45, 2.75) is 31.7 Å². The molecular weight excluding hydrogens is 208 g/mol. The molecular formula is C11H12N2O3. The summed E-state index contributed by atoms with van der Waals surface area (Å²) in [5.41, 5.74) is 0.550. The van der Waals surface area contributed by atoms with Crippen molar-refractivity contribution in [3.05, 3.63) is 11.1 Å². The molecule has 5 nitrogen and oxygen atoms in total. The molecule has 84 valence electrons. The van der Waals surface area contributed by atoms with E-state index in [0.29, 0.717) is 37.0 Å².